The first-order chi connectivity index (χ1) is 11.7. The molecule has 1 aliphatic rings. The Morgan fingerprint density at radius 1 is 1.25 bits per heavy atom. The van der Waals surface area contributed by atoms with Crippen LogP contribution >= 0.6 is 39.0 Å². The van der Waals surface area contributed by atoms with E-state index in [4.69, 9.17) is 0 Å². The number of amides is 1. The maximum atomic E-state index is 11.9. The Labute approximate surface area is 156 Å². The van der Waals surface area contributed by atoms with E-state index in [1.807, 2.05) is 36.5 Å². The molecule has 1 amide bonds. The maximum absolute atomic E-state index is 11.9. The molecule has 2 aromatic rings. The average molecular weight is 421 g/mol. The molecule has 1 N–H and O–H groups in total. The second kappa shape index (κ2) is 8.36. The van der Waals surface area contributed by atoms with Gasteiger partial charge in [0.15, 0.2) is 0 Å². The van der Waals surface area contributed by atoms with Gasteiger partial charge in [-0.25, -0.2) is 4.99 Å². The highest BCUT2D eigenvalue weighted by Gasteiger charge is 2.15. The molecule has 24 heavy (non-hydrogen) atoms. The standard InChI is InChI=1S/C16H13BrN4OS2/c17-13-8-7-12(23-13)10-18-15-20-21-16(24-15)19-14(22)9-6-11-4-2-1-3-5-11/h1-10,12-13H,(H,19,21,22)/b9-6+,18-10+. The van der Waals surface area contributed by atoms with E-state index < -0.39 is 0 Å². The minimum Gasteiger partial charge on any atom is -0.297 e. The van der Waals surface area contributed by atoms with Crippen LogP contribution in [0.25, 0.3) is 6.08 Å². The van der Waals surface area contributed by atoms with Gasteiger partial charge in [0, 0.05) is 12.3 Å². The van der Waals surface area contributed by atoms with E-state index in [9.17, 15) is 4.79 Å². The van der Waals surface area contributed by atoms with E-state index >= 15 is 0 Å². The topological polar surface area (TPSA) is 67.2 Å². The van der Waals surface area contributed by atoms with Gasteiger partial charge in [0.05, 0.1) is 9.41 Å². The Morgan fingerprint density at radius 2 is 2.08 bits per heavy atom. The van der Waals surface area contributed by atoms with Gasteiger partial charge >= 0.3 is 0 Å². The lowest BCUT2D eigenvalue weighted by atomic mass is 10.2. The number of alkyl halides is 1. The van der Waals surface area contributed by atoms with Crippen LogP contribution in [-0.4, -0.2) is 31.7 Å². The number of thioether (sulfide) groups is 1. The number of halogens is 1. The summed E-state index contributed by atoms with van der Waals surface area (Å²) < 4.78 is 0.328. The third-order valence-corrected chi connectivity index (χ3v) is 5.65. The van der Waals surface area contributed by atoms with E-state index in [1.165, 1.54) is 17.4 Å². The Hall–Kier alpha value is -1.77. The second-order valence-corrected chi connectivity index (χ2v) is 8.61. The summed E-state index contributed by atoms with van der Waals surface area (Å²) in [6.07, 6.45) is 9.19. The van der Waals surface area contributed by atoms with Gasteiger partial charge in [0.25, 0.3) is 0 Å². The third kappa shape index (κ3) is 5.12. The maximum Gasteiger partial charge on any atom is 0.250 e. The zero-order valence-electron chi connectivity index (χ0n) is 12.4. The number of anilines is 1. The van der Waals surface area contributed by atoms with Gasteiger partial charge in [-0.05, 0) is 11.6 Å². The van der Waals surface area contributed by atoms with Crippen LogP contribution in [0.15, 0.2) is 53.6 Å². The molecule has 2 atom stereocenters. The largest absolute Gasteiger partial charge is 0.297 e. The summed E-state index contributed by atoms with van der Waals surface area (Å²) in [6, 6.07) is 9.62. The van der Waals surface area contributed by atoms with Crippen molar-refractivity contribution in [3.05, 3.63) is 54.1 Å². The zero-order valence-corrected chi connectivity index (χ0v) is 15.6. The average Bonchev–Trinajstić information content (AvgIpc) is 3.21. The van der Waals surface area contributed by atoms with Crippen LogP contribution in [0.3, 0.4) is 0 Å². The molecule has 2 unspecified atom stereocenters. The quantitative estimate of drug-likeness (QED) is 0.339. The normalized spacial score (nSPS) is 20.2. The fourth-order valence-electron chi connectivity index (χ4n) is 1.86. The third-order valence-electron chi connectivity index (χ3n) is 2.94. The Kier molecular flexibility index (Phi) is 5.95. The summed E-state index contributed by atoms with van der Waals surface area (Å²) >= 11 is 6.48. The summed E-state index contributed by atoms with van der Waals surface area (Å²) in [5, 5.41) is 11.7. The lowest BCUT2D eigenvalue weighted by Crippen LogP contribution is -2.07. The number of rotatable bonds is 5. The molecule has 0 spiro atoms. The van der Waals surface area contributed by atoms with E-state index in [-0.39, 0.29) is 11.2 Å². The summed E-state index contributed by atoms with van der Waals surface area (Å²) in [6.45, 7) is 0. The zero-order chi connectivity index (χ0) is 16.8. The molecule has 1 aromatic heterocycles. The van der Waals surface area contributed by atoms with Gasteiger partial charge < -0.3 is 0 Å². The lowest BCUT2D eigenvalue weighted by Gasteiger charge is -1.99. The fourth-order valence-corrected chi connectivity index (χ4v) is 4.18. The van der Waals surface area contributed by atoms with Crippen molar-refractivity contribution in [2.24, 2.45) is 4.99 Å². The SMILES string of the molecule is O=C(/C=C/c1ccccc1)Nc1nnc(/N=C/C2C=CC(Br)S2)s1. The van der Waals surface area contributed by atoms with E-state index in [1.54, 1.807) is 17.8 Å². The number of aromatic nitrogens is 2. The molecule has 0 saturated heterocycles. The number of carbonyl (C=O) groups is 1. The van der Waals surface area contributed by atoms with Crippen molar-refractivity contribution in [3.8, 4) is 0 Å². The molecular formula is C16H13BrN4OS2. The van der Waals surface area contributed by atoms with Crippen LogP contribution in [0.2, 0.25) is 0 Å². The number of benzene rings is 1. The highest BCUT2D eigenvalue weighted by molar-refractivity contribution is 9.11. The van der Waals surface area contributed by atoms with Gasteiger partial charge in [-0.15, -0.1) is 22.0 Å². The van der Waals surface area contributed by atoms with Gasteiger partial charge in [0.2, 0.25) is 16.2 Å². The summed E-state index contributed by atoms with van der Waals surface area (Å²) in [5.41, 5.74) is 0.961. The minimum atomic E-state index is -0.248. The number of hydrogen-bond acceptors (Lipinski definition) is 6. The van der Waals surface area contributed by atoms with Crippen molar-refractivity contribution < 1.29 is 4.79 Å². The van der Waals surface area contributed by atoms with Gasteiger partial charge in [0.1, 0.15) is 0 Å². The van der Waals surface area contributed by atoms with Crippen LogP contribution in [0.4, 0.5) is 10.3 Å². The van der Waals surface area contributed by atoms with Crippen molar-refractivity contribution in [2.45, 2.75) is 9.41 Å². The predicted octanol–water partition coefficient (Wildman–Crippen LogP) is 4.28. The first-order valence-corrected chi connectivity index (χ1v) is 9.76. The molecule has 8 heteroatoms. The number of nitrogens with one attached hydrogen (secondary N) is 1. The first-order valence-electron chi connectivity index (χ1n) is 7.09. The summed E-state index contributed by atoms with van der Waals surface area (Å²) in [4.78, 5) is 16.2. The van der Waals surface area contributed by atoms with Gasteiger partial charge in [-0.2, -0.15) is 0 Å². The van der Waals surface area contributed by atoms with Crippen LogP contribution in [0.1, 0.15) is 5.56 Å². The molecular weight excluding hydrogens is 408 g/mol. The molecule has 5 nitrogen and oxygen atoms in total. The number of aliphatic imine (C=N–C) groups is 1. The number of nitrogens with zero attached hydrogens (tertiary/aromatic N) is 3. The van der Waals surface area contributed by atoms with Crippen LogP contribution < -0.4 is 5.32 Å². The molecule has 0 bridgehead atoms. The van der Waals surface area contributed by atoms with Crippen molar-refractivity contribution in [1.82, 2.24) is 10.2 Å². The molecule has 0 radical (unpaired) electrons. The number of carbonyl (C=O) groups excluding carboxylic acids is 1. The van der Waals surface area contributed by atoms with Crippen LogP contribution in [0.5, 0.6) is 0 Å². The summed E-state index contributed by atoms with van der Waals surface area (Å²) in [5.74, 6) is -0.248. The van der Waals surface area contributed by atoms with Crippen LogP contribution in [0, 0.1) is 0 Å². The Balaban J connectivity index is 1.54. The molecule has 3 rings (SSSR count). The molecule has 0 aliphatic carbocycles. The molecule has 2 heterocycles. The minimum absolute atomic E-state index is 0.227. The number of hydrogen-bond donors (Lipinski definition) is 1. The molecule has 0 saturated carbocycles. The Morgan fingerprint density at radius 3 is 2.83 bits per heavy atom. The Bertz CT molecular complexity index is 788. The molecule has 1 aliphatic heterocycles. The van der Waals surface area contributed by atoms with Gasteiger partial charge in [-0.3, -0.25) is 10.1 Å². The predicted molar refractivity (Wildman–Crippen MR) is 105 cm³/mol. The monoisotopic (exact) mass is 420 g/mol. The van der Waals surface area contributed by atoms with E-state index in [2.05, 4.69) is 48.6 Å². The molecule has 122 valence electrons. The highest BCUT2D eigenvalue weighted by atomic mass is 79.9. The van der Waals surface area contributed by atoms with Gasteiger partial charge in [-0.1, -0.05) is 69.8 Å². The van der Waals surface area contributed by atoms with E-state index in [0.29, 0.717) is 14.4 Å². The van der Waals surface area contributed by atoms with Crippen molar-refractivity contribution in [2.75, 3.05) is 5.32 Å². The molecule has 1 aromatic carbocycles. The van der Waals surface area contributed by atoms with Crippen molar-refractivity contribution in [3.63, 3.8) is 0 Å². The second-order valence-electron chi connectivity index (χ2n) is 4.74. The first kappa shape index (κ1) is 17.1. The summed E-state index contributed by atoms with van der Waals surface area (Å²) in [7, 11) is 0. The fraction of sp³-hybridized carbons (Fsp3) is 0.125. The van der Waals surface area contributed by atoms with Crippen LogP contribution in [-0.2, 0) is 4.79 Å². The van der Waals surface area contributed by atoms with E-state index in [0.717, 1.165) is 5.56 Å². The smallest absolute Gasteiger partial charge is 0.250 e. The van der Waals surface area contributed by atoms with Crippen molar-refractivity contribution >= 4 is 67.5 Å². The highest BCUT2D eigenvalue weighted by Crippen LogP contribution is 2.31. The molecule has 0 fully saturated rings. The lowest BCUT2D eigenvalue weighted by molar-refractivity contribution is -0.111. The van der Waals surface area contributed by atoms with Crippen molar-refractivity contribution in [1.29, 1.82) is 0 Å².